The van der Waals surface area contributed by atoms with Crippen molar-refractivity contribution in [3.63, 3.8) is 0 Å². The van der Waals surface area contributed by atoms with E-state index in [9.17, 15) is 0 Å². The van der Waals surface area contributed by atoms with Gasteiger partial charge in [-0.25, -0.2) is 9.97 Å². The van der Waals surface area contributed by atoms with Gasteiger partial charge in [-0.3, -0.25) is 5.32 Å². The van der Waals surface area contributed by atoms with Crippen LogP contribution in [0.4, 0.5) is 17.3 Å². The van der Waals surface area contributed by atoms with Crippen molar-refractivity contribution < 1.29 is 0 Å². The molecule has 1 fully saturated rings. The molecule has 7 nitrogen and oxygen atoms in total. The average molecular weight is 529 g/mol. The predicted octanol–water partition coefficient (Wildman–Crippen LogP) is 5.70. The summed E-state index contributed by atoms with van der Waals surface area (Å²) in [6, 6.07) is 15.6. The fourth-order valence-corrected chi connectivity index (χ4v) is 4.45. The summed E-state index contributed by atoms with van der Waals surface area (Å²) in [6.45, 7) is 8.90. The maximum Gasteiger partial charge on any atom is 0.229 e. The molecule has 182 valence electrons. The number of benzene rings is 2. The van der Waals surface area contributed by atoms with Crippen molar-refractivity contribution >= 4 is 63.8 Å². The van der Waals surface area contributed by atoms with Gasteiger partial charge in [0, 0.05) is 48.3 Å². The summed E-state index contributed by atoms with van der Waals surface area (Å²) in [7, 11) is 0. The Kier molecular flexibility index (Phi) is 8.05. The van der Waals surface area contributed by atoms with Gasteiger partial charge in [-0.15, -0.1) is 0 Å². The van der Waals surface area contributed by atoms with E-state index >= 15 is 0 Å². The number of hydrogen-bond acceptors (Lipinski definition) is 4. The molecule has 1 saturated heterocycles. The van der Waals surface area contributed by atoms with Gasteiger partial charge >= 0.3 is 0 Å². The molecule has 10 heteroatoms. The highest BCUT2D eigenvalue weighted by molar-refractivity contribution is 7.80. The lowest BCUT2D eigenvalue weighted by atomic mass is 10.2. The number of anilines is 3. The SMILES string of the molecule is Cc1cc(C)nc(N/C(=N/C(=S)Nc2cccc(C)c2Cl)N2CCN(c3cccc(Cl)c3)CC2)n1. The molecule has 2 aromatic carbocycles. The Labute approximate surface area is 221 Å². The molecule has 1 aliphatic heterocycles. The first-order valence-electron chi connectivity index (χ1n) is 11.3. The van der Waals surface area contributed by atoms with Crippen LogP contribution < -0.4 is 15.5 Å². The van der Waals surface area contributed by atoms with Crippen LogP contribution in [-0.2, 0) is 0 Å². The number of halogens is 2. The molecular formula is C25H27Cl2N7S. The van der Waals surface area contributed by atoms with Crippen molar-refractivity contribution in [3.8, 4) is 0 Å². The number of aliphatic imine (C=N–C) groups is 1. The molecule has 0 atom stereocenters. The zero-order valence-corrected chi connectivity index (χ0v) is 22.2. The van der Waals surface area contributed by atoms with Crippen LogP contribution in [0.2, 0.25) is 10.0 Å². The van der Waals surface area contributed by atoms with Crippen molar-refractivity contribution in [2.75, 3.05) is 41.7 Å². The number of aryl methyl sites for hydroxylation is 3. The van der Waals surface area contributed by atoms with Crippen molar-refractivity contribution in [2.24, 2.45) is 4.99 Å². The standard InChI is InChI=1S/C25H27Cl2N7S/c1-16-6-4-9-21(22(16)27)30-25(35)32-24(31-23-28-17(2)14-18(3)29-23)34-12-10-33(11-13-34)20-8-5-7-19(26)15-20/h4-9,14-15H,10-13H2,1-3H3,(H2,28,29,30,31,32,35). The predicted molar refractivity (Wildman–Crippen MR) is 150 cm³/mol. The van der Waals surface area contributed by atoms with Crippen LogP contribution in [0.15, 0.2) is 53.5 Å². The van der Waals surface area contributed by atoms with Crippen LogP contribution in [-0.4, -0.2) is 52.1 Å². The van der Waals surface area contributed by atoms with Crippen molar-refractivity contribution in [1.82, 2.24) is 14.9 Å². The molecule has 4 rings (SSSR count). The van der Waals surface area contributed by atoms with Crippen molar-refractivity contribution in [1.29, 1.82) is 0 Å². The van der Waals surface area contributed by atoms with Crippen LogP contribution in [0.5, 0.6) is 0 Å². The third-order valence-corrected chi connectivity index (χ3v) is 6.53. The molecule has 2 heterocycles. The number of guanidine groups is 1. The molecule has 0 saturated carbocycles. The summed E-state index contributed by atoms with van der Waals surface area (Å²) in [5.41, 5.74) is 4.53. The van der Waals surface area contributed by atoms with E-state index in [0.717, 1.165) is 53.8 Å². The van der Waals surface area contributed by atoms with Gasteiger partial charge in [-0.05, 0) is 68.9 Å². The number of nitrogens with zero attached hydrogens (tertiary/aromatic N) is 5. The molecule has 2 N–H and O–H groups in total. The van der Waals surface area contributed by atoms with E-state index in [-0.39, 0.29) is 0 Å². The van der Waals surface area contributed by atoms with E-state index in [1.54, 1.807) is 0 Å². The van der Waals surface area contributed by atoms with Gasteiger partial charge in [0.05, 0.1) is 10.7 Å². The van der Waals surface area contributed by atoms with Gasteiger partial charge in [-0.1, -0.05) is 41.4 Å². The van der Waals surface area contributed by atoms with E-state index < -0.39 is 0 Å². The third-order valence-electron chi connectivity index (χ3n) is 5.60. The quantitative estimate of drug-likeness (QED) is 0.257. The van der Waals surface area contributed by atoms with E-state index in [4.69, 9.17) is 40.4 Å². The van der Waals surface area contributed by atoms with Gasteiger partial charge in [0.2, 0.25) is 17.0 Å². The van der Waals surface area contributed by atoms with Gasteiger partial charge in [0.25, 0.3) is 0 Å². The van der Waals surface area contributed by atoms with E-state index in [2.05, 4.69) is 36.5 Å². The Morgan fingerprint density at radius 2 is 1.60 bits per heavy atom. The van der Waals surface area contributed by atoms with Gasteiger partial charge < -0.3 is 15.1 Å². The minimum absolute atomic E-state index is 0.293. The molecule has 0 radical (unpaired) electrons. The maximum absolute atomic E-state index is 6.44. The van der Waals surface area contributed by atoms with Crippen LogP contribution >= 0.6 is 35.4 Å². The molecule has 0 unspecified atom stereocenters. The molecule has 0 aliphatic carbocycles. The maximum atomic E-state index is 6.44. The molecule has 0 spiro atoms. The van der Waals surface area contributed by atoms with Gasteiger partial charge in [0.15, 0.2) is 0 Å². The first-order valence-corrected chi connectivity index (χ1v) is 12.4. The normalized spacial score (nSPS) is 14.1. The minimum Gasteiger partial charge on any atom is -0.368 e. The van der Waals surface area contributed by atoms with E-state index in [1.165, 1.54) is 0 Å². The summed E-state index contributed by atoms with van der Waals surface area (Å²) in [4.78, 5) is 18.2. The van der Waals surface area contributed by atoms with Crippen LogP contribution in [0.1, 0.15) is 17.0 Å². The lowest BCUT2D eigenvalue weighted by Gasteiger charge is -2.37. The first-order chi connectivity index (χ1) is 16.8. The fraction of sp³-hybridized carbons (Fsp3) is 0.280. The van der Waals surface area contributed by atoms with Crippen molar-refractivity contribution in [3.05, 3.63) is 75.5 Å². The summed E-state index contributed by atoms with van der Waals surface area (Å²) < 4.78 is 0. The number of aromatic nitrogens is 2. The van der Waals surface area contributed by atoms with Crippen LogP contribution in [0, 0.1) is 20.8 Å². The molecule has 3 aromatic rings. The van der Waals surface area contributed by atoms with E-state index in [0.29, 0.717) is 27.7 Å². The number of nitrogens with one attached hydrogen (secondary N) is 2. The van der Waals surface area contributed by atoms with E-state index in [1.807, 2.05) is 63.2 Å². The molecule has 1 aromatic heterocycles. The number of rotatable bonds is 3. The van der Waals surface area contributed by atoms with Gasteiger partial charge in [0.1, 0.15) is 0 Å². The molecule has 0 amide bonds. The zero-order chi connectivity index (χ0) is 24.9. The summed E-state index contributed by atoms with van der Waals surface area (Å²) in [5.74, 6) is 1.07. The zero-order valence-electron chi connectivity index (χ0n) is 19.8. The lowest BCUT2D eigenvalue weighted by molar-refractivity contribution is 0.385. The van der Waals surface area contributed by atoms with Crippen molar-refractivity contribution in [2.45, 2.75) is 20.8 Å². The molecule has 1 aliphatic rings. The second-order valence-electron chi connectivity index (χ2n) is 8.36. The number of piperazine rings is 1. The van der Waals surface area contributed by atoms with Crippen LogP contribution in [0.25, 0.3) is 0 Å². The summed E-state index contributed by atoms with van der Waals surface area (Å²) in [6.07, 6.45) is 0. The Balaban J connectivity index is 1.55. The Morgan fingerprint density at radius 1 is 0.914 bits per heavy atom. The largest absolute Gasteiger partial charge is 0.368 e. The minimum atomic E-state index is 0.293. The molecule has 0 bridgehead atoms. The Morgan fingerprint density at radius 3 is 2.29 bits per heavy atom. The Bertz CT molecular complexity index is 1240. The molecular weight excluding hydrogens is 501 g/mol. The highest BCUT2D eigenvalue weighted by Gasteiger charge is 2.22. The lowest BCUT2D eigenvalue weighted by Crippen LogP contribution is -2.51. The topological polar surface area (TPSA) is 68.7 Å². The number of hydrogen-bond donors (Lipinski definition) is 2. The third kappa shape index (κ3) is 6.60. The van der Waals surface area contributed by atoms with Crippen LogP contribution in [0.3, 0.4) is 0 Å². The number of thiocarbonyl (C=S) groups is 1. The summed E-state index contributed by atoms with van der Waals surface area (Å²) >= 11 is 18.2. The highest BCUT2D eigenvalue weighted by atomic mass is 35.5. The van der Waals surface area contributed by atoms with Gasteiger partial charge in [-0.2, -0.15) is 4.99 Å². The second-order valence-corrected chi connectivity index (χ2v) is 9.56. The average Bonchev–Trinajstić information content (AvgIpc) is 2.81. The smallest absolute Gasteiger partial charge is 0.229 e. The second kappa shape index (κ2) is 11.2. The fourth-order valence-electron chi connectivity index (χ4n) is 3.89. The molecule has 35 heavy (non-hydrogen) atoms. The highest BCUT2D eigenvalue weighted by Crippen LogP contribution is 2.25. The monoisotopic (exact) mass is 527 g/mol. The Hall–Kier alpha value is -2.94. The first kappa shape index (κ1) is 25.2. The summed E-state index contributed by atoms with van der Waals surface area (Å²) in [5, 5.41) is 8.08.